The van der Waals surface area contributed by atoms with Crippen LogP contribution in [0.4, 0.5) is 5.69 Å². The summed E-state index contributed by atoms with van der Waals surface area (Å²) in [5, 5.41) is 10.7. The Balaban J connectivity index is 2.23. The number of Topliss-reactive ketones (excluding diaryl/α,β-unsaturated/α-hetero) is 1. The Morgan fingerprint density at radius 1 is 1.00 bits per heavy atom. The SMILES string of the molecule is COc1ccc(/C(O)=C2/C(=O)N(C(C)=O)c3ccc(C(C)=O)cc32)cc1. The van der Waals surface area contributed by atoms with Crippen molar-refractivity contribution in [3.63, 3.8) is 0 Å². The number of ether oxygens (including phenoxy) is 1. The summed E-state index contributed by atoms with van der Waals surface area (Å²) >= 11 is 0. The molecule has 3 rings (SSSR count). The highest BCUT2D eigenvalue weighted by Gasteiger charge is 2.38. The highest BCUT2D eigenvalue weighted by molar-refractivity contribution is 6.42. The first-order chi connectivity index (χ1) is 12.3. The third-order valence-electron chi connectivity index (χ3n) is 4.25. The lowest BCUT2D eigenvalue weighted by molar-refractivity contribution is -0.122. The molecule has 0 unspecified atom stereocenters. The fourth-order valence-electron chi connectivity index (χ4n) is 2.92. The van der Waals surface area contributed by atoms with Crippen molar-refractivity contribution >= 4 is 34.6 Å². The van der Waals surface area contributed by atoms with Crippen molar-refractivity contribution in [3.8, 4) is 5.75 Å². The third-order valence-corrected chi connectivity index (χ3v) is 4.25. The minimum Gasteiger partial charge on any atom is -0.506 e. The fourth-order valence-corrected chi connectivity index (χ4v) is 2.92. The summed E-state index contributed by atoms with van der Waals surface area (Å²) in [5.74, 6) is -0.923. The molecule has 0 saturated carbocycles. The Morgan fingerprint density at radius 2 is 1.62 bits per heavy atom. The van der Waals surface area contributed by atoms with Crippen molar-refractivity contribution in [2.75, 3.05) is 12.0 Å². The van der Waals surface area contributed by atoms with Gasteiger partial charge in [0.05, 0.1) is 18.4 Å². The quantitative estimate of drug-likeness (QED) is 0.521. The molecule has 0 spiro atoms. The van der Waals surface area contributed by atoms with E-state index in [1.165, 1.54) is 27.0 Å². The first kappa shape index (κ1) is 17.4. The lowest BCUT2D eigenvalue weighted by Crippen LogP contribution is -2.31. The zero-order chi connectivity index (χ0) is 19.0. The van der Waals surface area contributed by atoms with Crippen LogP contribution in [0.1, 0.15) is 35.3 Å². The zero-order valence-electron chi connectivity index (χ0n) is 14.6. The minimum atomic E-state index is -0.624. The number of amides is 2. The van der Waals surface area contributed by atoms with Crippen LogP contribution in [0.15, 0.2) is 42.5 Å². The Morgan fingerprint density at radius 3 is 2.15 bits per heavy atom. The van der Waals surface area contributed by atoms with Gasteiger partial charge in [-0.2, -0.15) is 0 Å². The Bertz CT molecular complexity index is 957. The Labute approximate surface area is 150 Å². The summed E-state index contributed by atoms with van der Waals surface area (Å²) in [6.07, 6.45) is 0. The summed E-state index contributed by atoms with van der Waals surface area (Å²) in [6, 6.07) is 11.1. The van der Waals surface area contributed by atoms with Gasteiger partial charge in [-0.1, -0.05) is 0 Å². The number of ketones is 1. The van der Waals surface area contributed by atoms with Crippen LogP contribution in [-0.2, 0) is 9.59 Å². The molecule has 6 heteroatoms. The first-order valence-corrected chi connectivity index (χ1v) is 7.93. The molecular formula is C20H17NO5. The molecule has 2 aromatic carbocycles. The number of hydrogen-bond acceptors (Lipinski definition) is 5. The molecule has 1 N–H and O–H groups in total. The standard InChI is InChI=1S/C20H17NO5/c1-11(22)14-6-9-17-16(10-14)18(20(25)21(17)12(2)23)19(24)13-4-7-15(26-3)8-5-13/h4-10,24H,1-3H3/b19-18-. The molecule has 0 atom stereocenters. The maximum Gasteiger partial charge on any atom is 0.269 e. The largest absolute Gasteiger partial charge is 0.506 e. The van der Waals surface area contributed by atoms with Crippen LogP contribution in [0.5, 0.6) is 5.75 Å². The van der Waals surface area contributed by atoms with Gasteiger partial charge in [-0.15, -0.1) is 0 Å². The molecular weight excluding hydrogens is 334 g/mol. The van der Waals surface area contributed by atoms with Gasteiger partial charge in [-0.3, -0.25) is 14.4 Å². The number of aliphatic hydroxyl groups excluding tert-OH is 1. The maximum atomic E-state index is 12.8. The van der Waals surface area contributed by atoms with Gasteiger partial charge in [0.1, 0.15) is 11.5 Å². The van der Waals surface area contributed by atoms with Crippen LogP contribution in [0, 0.1) is 0 Å². The van der Waals surface area contributed by atoms with Crippen molar-refractivity contribution in [1.82, 2.24) is 0 Å². The van der Waals surface area contributed by atoms with Crippen molar-refractivity contribution in [2.24, 2.45) is 0 Å². The van der Waals surface area contributed by atoms with E-state index in [2.05, 4.69) is 0 Å². The van der Waals surface area contributed by atoms with Gasteiger partial charge in [-0.05, 0) is 49.4 Å². The van der Waals surface area contributed by atoms with Gasteiger partial charge < -0.3 is 9.84 Å². The predicted molar refractivity (Wildman–Crippen MR) is 97.1 cm³/mol. The van der Waals surface area contributed by atoms with E-state index >= 15 is 0 Å². The Kier molecular flexibility index (Phi) is 4.34. The predicted octanol–water partition coefficient (Wildman–Crippen LogP) is 3.22. The van der Waals surface area contributed by atoms with E-state index in [1.807, 2.05) is 0 Å². The molecule has 0 bridgehead atoms. The molecule has 0 aromatic heterocycles. The van der Waals surface area contributed by atoms with Gasteiger partial charge >= 0.3 is 0 Å². The number of carbonyl (C=O) groups excluding carboxylic acids is 3. The van der Waals surface area contributed by atoms with Gasteiger partial charge in [0.15, 0.2) is 5.78 Å². The second-order valence-corrected chi connectivity index (χ2v) is 5.90. The second kappa shape index (κ2) is 6.48. The number of aliphatic hydroxyl groups is 1. The molecule has 1 aliphatic rings. The highest BCUT2D eigenvalue weighted by atomic mass is 16.5. The van der Waals surface area contributed by atoms with Crippen LogP contribution in [-0.4, -0.2) is 29.8 Å². The molecule has 6 nitrogen and oxygen atoms in total. The van der Waals surface area contributed by atoms with Crippen molar-refractivity contribution < 1.29 is 24.2 Å². The van der Waals surface area contributed by atoms with Crippen LogP contribution >= 0.6 is 0 Å². The summed E-state index contributed by atoms with van der Waals surface area (Å²) in [4.78, 5) is 37.4. The van der Waals surface area contributed by atoms with E-state index < -0.39 is 11.8 Å². The van der Waals surface area contributed by atoms with E-state index in [9.17, 15) is 19.5 Å². The highest BCUT2D eigenvalue weighted by Crippen LogP contribution is 2.41. The molecule has 0 aliphatic carbocycles. The number of fused-ring (bicyclic) bond motifs is 1. The maximum absolute atomic E-state index is 12.8. The van der Waals surface area contributed by atoms with Gasteiger partial charge in [0, 0.05) is 23.6 Å². The number of nitrogens with zero attached hydrogens (tertiary/aromatic N) is 1. The second-order valence-electron chi connectivity index (χ2n) is 5.90. The monoisotopic (exact) mass is 351 g/mol. The van der Waals surface area contributed by atoms with E-state index in [-0.39, 0.29) is 17.1 Å². The number of carbonyl (C=O) groups is 3. The molecule has 1 aliphatic heterocycles. The van der Waals surface area contributed by atoms with Crippen LogP contribution < -0.4 is 9.64 Å². The molecule has 0 fully saturated rings. The van der Waals surface area contributed by atoms with E-state index in [1.54, 1.807) is 36.4 Å². The van der Waals surface area contributed by atoms with Crippen molar-refractivity contribution in [3.05, 3.63) is 59.2 Å². The number of benzene rings is 2. The normalized spacial score (nSPS) is 14.9. The number of anilines is 1. The molecule has 2 aromatic rings. The van der Waals surface area contributed by atoms with Crippen LogP contribution in [0.25, 0.3) is 11.3 Å². The van der Waals surface area contributed by atoms with Crippen molar-refractivity contribution in [2.45, 2.75) is 13.8 Å². The summed E-state index contributed by atoms with van der Waals surface area (Å²) < 4.78 is 5.09. The lowest BCUT2D eigenvalue weighted by atomic mass is 9.99. The number of imide groups is 1. The number of rotatable bonds is 3. The van der Waals surface area contributed by atoms with E-state index in [4.69, 9.17) is 4.74 Å². The summed E-state index contributed by atoms with van der Waals surface area (Å²) in [5.41, 5.74) is 1.48. The van der Waals surface area contributed by atoms with E-state index in [0.717, 1.165) is 4.90 Å². The molecule has 0 saturated heterocycles. The smallest absolute Gasteiger partial charge is 0.269 e. The first-order valence-electron chi connectivity index (χ1n) is 7.93. The zero-order valence-corrected chi connectivity index (χ0v) is 14.6. The fraction of sp³-hybridized carbons (Fsp3) is 0.150. The average molecular weight is 351 g/mol. The number of hydrogen-bond donors (Lipinski definition) is 1. The average Bonchev–Trinajstić information content (AvgIpc) is 2.92. The van der Waals surface area contributed by atoms with E-state index in [0.29, 0.717) is 28.1 Å². The van der Waals surface area contributed by atoms with Crippen molar-refractivity contribution in [1.29, 1.82) is 0 Å². The molecule has 0 radical (unpaired) electrons. The third kappa shape index (κ3) is 2.75. The lowest BCUT2D eigenvalue weighted by Gasteiger charge is -2.12. The van der Waals surface area contributed by atoms with Crippen LogP contribution in [0.2, 0.25) is 0 Å². The Hall–Kier alpha value is -3.41. The van der Waals surface area contributed by atoms with Crippen LogP contribution in [0.3, 0.4) is 0 Å². The van der Waals surface area contributed by atoms with Gasteiger partial charge in [0.25, 0.3) is 5.91 Å². The van der Waals surface area contributed by atoms with Gasteiger partial charge in [0.2, 0.25) is 5.91 Å². The summed E-state index contributed by atoms with van der Waals surface area (Å²) in [6.45, 7) is 2.68. The topological polar surface area (TPSA) is 83.9 Å². The summed E-state index contributed by atoms with van der Waals surface area (Å²) in [7, 11) is 1.53. The molecule has 26 heavy (non-hydrogen) atoms. The number of methoxy groups -OCH3 is 1. The molecule has 132 valence electrons. The molecule has 1 heterocycles. The van der Waals surface area contributed by atoms with Gasteiger partial charge in [-0.25, -0.2) is 4.90 Å². The molecule has 2 amide bonds. The minimum absolute atomic E-state index is 0.0107.